The van der Waals surface area contributed by atoms with Crippen molar-refractivity contribution in [2.45, 2.75) is 56.1 Å². The Morgan fingerprint density at radius 3 is 2.30 bits per heavy atom. The number of nitrogens with zero attached hydrogens (tertiary/aromatic N) is 2. The lowest BCUT2D eigenvalue weighted by atomic mass is 9.67. The molecule has 0 aliphatic carbocycles. The van der Waals surface area contributed by atoms with Crippen LogP contribution >= 0.6 is 23.2 Å². The molecule has 2 N–H and O–H groups in total. The number of ether oxygens (including phenoxy) is 1. The predicted molar refractivity (Wildman–Crippen MR) is 179 cm³/mol. The molecule has 0 saturated carbocycles. The van der Waals surface area contributed by atoms with Crippen LogP contribution in [0.3, 0.4) is 0 Å². The van der Waals surface area contributed by atoms with Crippen LogP contribution in [0.1, 0.15) is 61.3 Å². The number of terminal acetylenes is 1. The number of hydrogen-bond donors (Lipinski definition) is 2. The molecule has 3 aromatic carbocycles. The maximum Gasteiger partial charge on any atom is 0.320 e. The van der Waals surface area contributed by atoms with Crippen LogP contribution in [0.4, 0.5) is 10.5 Å². The summed E-state index contributed by atoms with van der Waals surface area (Å²) in [6.45, 7) is 2.91. The first-order chi connectivity index (χ1) is 22.3. The van der Waals surface area contributed by atoms with Crippen LogP contribution in [0.25, 0.3) is 0 Å². The van der Waals surface area contributed by atoms with Crippen molar-refractivity contribution < 1.29 is 19.1 Å². The van der Waals surface area contributed by atoms with Crippen LogP contribution in [0.15, 0.2) is 66.7 Å². The molecule has 4 amide bonds. The van der Waals surface area contributed by atoms with Crippen molar-refractivity contribution in [3.05, 3.63) is 93.5 Å². The molecule has 3 fully saturated rings. The SMILES string of the molecule is C#Cc1ccc(OC2CCN(C(=O)N3CCCC3)CC2)c([C@H]2NC(=O)CC[C@]23C(=O)Nc2cc(Cl)ccc23)c1.Clc1ccccc1. The second-order valence-corrected chi connectivity index (χ2v) is 13.0. The Morgan fingerprint density at radius 2 is 1.63 bits per heavy atom. The smallest absolute Gasteiger partial charge is 0.320 e. The summed E-state index contributed by atoms with van der Waals surface area (Å²) in [5.74, 6) is 2.94. The largest absolute Gasteiger partial charge is 0.490 e. The summed E-state index contributed by atoms with van der Waals surface area (Å²) in [7, 11) is 0. The minimum Gasteiger partial charge on any atom is -0.490 e. The van der Waals surface area contributed by atoms with E-state index in [0.29, 0.717) is 59.9 Å². The maximum absolute atomic E-state index is 13.6. The summed E-state index contributed by atoms with van der Waals surface area (Å²) in [5, 5.41) is 7.40. The number of halogens is 2. The van der Waals surface area contributed by atoms with Crippen LogP contribution in [-0.2, 0) is 15.0 Å². The third-order valence-electron chi connectivity index (χ3n) is 9.26. The molecule has 3 aromatic rings. The number of nitrogens with one attached hydrogen (secondary N) is 2. The Labute approximate surface area is 279 Å². The number of urea groups is 1. The lowest BCUT2D eigenvalue weighted by molar-refractivity contribution is -0.130. The Morgan fingerprint density at radius 1 is 0.913 bits per heavy atom. The van der Waals surface area contributed by atoms with Crippen molar-refractivity contribution in [3.8, 4) is 18.1 Å². The van der Waals surface area contributed by atoms with Crippen LogP contribution in [-0.4, -0.2) is 59.9 Å². The van der Waals surface area contributed by atoms with Gasteiger partial charge in [-0.05, 0) is 67.3 Å². The van der Waals surface area contributed by atoms with Gasteiger partial charge in [-0.1, -0.05) is 53.4 Å². The molecule has 4 aliphatic rings. The predicted octanol–water partition coefficient (Wildman–Crippen LogP) is 6.56. The van der Waals surface area contributed by atoms with Crippen LogP contribution < -0.4 is 15.4 Å². The van der Waals surface area contributed by atoms with E-state index in [9.17, 15) is 14.4 Å². The van der Waals surface area contributed by atoms with Gasteiger partial charge in [-0.3, -0.25) is 9.59 Å². The highest BCUT2D eigenvalue weighted by molar-refractivity contribution is 6.31. The summed E-state index contributed by atoms with van der Waals surface area (Å²) in [6.07, 6.45) is 9.74. The highest BCUT2D eigenvalue weighted by atomic mass is 35.5. The van der Waals surface area contributed by atoms with Gasteiger partial charge in [-0.25, -0.2) is 4.79 Å². The number of likely N-dealkylation sites (tertiary alicyclic amines) is 2. The van der Waals surface area contributed by atoms with Gasteiger partial charge in [-0.15, -0.1) is 6.42 Å². The molecule has 0 bridgehead atoms. The molecule has 8 nitrogen and oxygen atoms in total. The molecule has 238 valence electrons. The molecule has 10 heteroatoms. The topological polar surface area (TPSA) is 91.0 Å². The summed E-state index contributed by atoms with van der Waals surface area (Å²) in [4.78, 5) is 43.1. The Hall–Kier alpha value is -4.19. The summed E-state index contributed by atoms with van der Waals surface area (Å²) >= 11 is 11.8. The number of anilines is 1. The standard InChI is InChI=1S/C30H31ClN4O4.C6H5Cl/c1-2-19-5-8-25(39-21-10-15-35(16-11-21)29(38)34-13-3-4-14-34)22(17-19)27-30(12-9-26(36)33-27)23-7-6-20(31)18-24(23)32-28(30)37;7-6-4-2-1-3-5-6/h1,5-8,17-18,21,27H,3-4,9-16H2,(H,32,37)(H,33,36);1-5H/t27-,30-;/m1./s1. The molecule has 0 unspecified atom stereocenters. The zero-order chi connectivity index (χ0) is 32.3. The van der Waals surface area contributed by atoms with Gasteiger partial charge in [0.2, 0.25) is 11.8 Å². The second kappa shape index (κ2) is 13.7. The first-order valence-electron chi connectivity index (χ1n) is 15.7. The third-order valence-corrected chi connectivity index (χ3v) is 9.75. The van der Waals surface area contributed by atoms with Crippen molar-refractivity contribution in [2.75, 3.05) is 31.5 Å². The van der Waals surface area contributed by atoms with Crippen molar-refractivity contribution in [2.24, 2.45) is 0 Å². The van der Waals surface area contributed by atoms with Gasteiger partial charge in [0.1, 0.15) is 17.3 Å². The first-order valence-corrected chi connectivity index (χ1v) is 16.5. The second-order valence-electron chi connectivity index (χ2n) is 12.1. The van der Waals surface area contributed by atoms with Crippen molar-refractivity contribution in [3.63, 3.8) is 0 Å². The summed E-state index contributed by atoms with van der Waals surface area (Å²) in [6, 6.07) is 19.7. The van der Waals surface area contributed by atoms with Gasteiger partial charge in [0.05, 0.1) is 6.04 Å². The van der Waals surface area contributed by atoms with Crippen LogP contribution in [0.2, 0.25) is 10.0 Å². The molecular weight excluding hydrogens is 623 g/mol. The summed E-state index contributed by atoms with van der Waals surface area (Å²) in [5.41, 5.74) is 1.73. The fraction of sp³-hybridized carbons (Fsp3) is 0.361. The number of rotatable bonds is 3. The van der Waals surface area contributed by atoms with Crippen molar-refractivity contribution in [1.82, 2.24) is 15.1 Å². The number of amides is 4. The number of benzene rings is 3. The van der Waals surface area contributed by atoms with E-state index in [-0.39, 0.29) is 30.4 Å². The Balaban J connectivity index is 0.000000471. The van der Waals surface area contributed by atoms with E-state index in [0.717, 1.165) is 36.5 Å². The van der Waals surface area contributed by atoms with Gasteiger partial charge in [0.15, 0.2) is 0 Å². The summed E-state index contributed by atoms with van der Waals surface area (Å²) < 4.78 is 6.55. The van der Waals surface area contributed by atoms with E-state index < -0.39 is 11.5 Å². The molecule has 7 rings (SSSR count). The van der Waals surface area contributed by atoms with E-state index in [1.165, 1.54) is 0 Å². The lowest BCUT2D eigenvalue weighted by Gasteiger charge is -2.41. The van der Waals surface area contributed by atoms with Crippen LogP contribution in [0, 0.1) is 12.3 Å². The molecule has 3 saturated heterocycles. The molecule has 0 aromatic heterocycles. The zero-order valence-corrected chi connectivity index (χ0v) is 26.9. The Kier molecular flexibility index (Phi) is 9.44. The molecule has 1 spiro atoms. The number of carbonyl (C=O) groups excluding carboxylic acids is 3. The number of piperidine rings is 2. The van der Waals surface area contributed by atoms with E-state index >= 15 is 0 Å². The average molecular weight is 660 g/mol. The zero-order valence-electron chi connectivity index (χ0n) is 25.4. The highest BCUT2D eigenvalue weighted by Gasteiger charge is 2.56. The van der Waals surface area contributed by atoms with Crippen molar-refractivity contribution in [1.29, 1.82) is 0 Å². The minimum absolute atomic E-state index is 0.109. The van der Waals surface area contributed by atoms with Crippen LogP contribution in [0.5, 0.6) is 5.75 Å². The minimum atomic E-state index is -1.02. The maximum atomic E-state index is 13.6. The van der Waals surface area contributed by atoms with Gasteiger partial charge >= 0.3 is 6.03 Å². The van der Waals surface area contributed by atoms with Gasteiger partial charge < -0.3 is 25.2 Å². The number of hydrogen-bond acceptors (Lipinski definition) is 4. The van der Waals surface area contributed by atoms with Gasteiger partial charge in [0, 0.05) is 72.3 Å². The molecule has 4 aliphatic heterocycles. The van der Waals surface area contributed by atoms with E-state index in [1.54, 1.807) is 12.1 Å². The molecule has 46 heavy (non-hydrogen) atoms. The number of carbonyl (C=O) groups is 3. The van der Waals surface area contributed by atoms with E-state index in [4.69, 9.17) is 34.4 Å². The quantitative estimate of drug-likeness (QED) is 0.312. The fourth-order valence-corrected chi connectivity index (χ4v) is 7.21. The van der Waals surface area contributed by atoms with Gasteiger partial charge in [0.25, 0.3) is 0 Å². The van der Waals surface area contributed by atoms with E-state index in [1.807, 2.05) is 64.4 Å². The fourth-order valence-electron chi connectivity index (χ4n) is 6.89. The first kappa shape index (κ1) is 31.8. The molecule has 0 radical (unpaired) electrons. The van der Waals surface area contributed by atoms with Crippen molar-refractivity contribution >= 4 is 46.7 Å². The highest BCUT2D eigenvalue weighted by Crippen LogP contribution is 2.53. The number of fused-ring (bicyclic) bond motifs is 2. The average Bonchev–Trinajstić information content (AvgIpc) is 3.70. The van der Waals surface area contributed by atoms with Gasteiger partial charge in [-0.2, -0.15) is 0 Å². The Bertz CT molecular complexity index is 1660. The molecular formula is C36H36Cl2N4O4. The third kappa shape index (κ3) is 6.40. The normalized spacial score (nSPS) is 22.3. The van der Waals surface area contributed by atoms with E-state index in [2.05, 4.69) is 16.6 Å². The monoisotopic (exact) mass is 658 g/mol. The lowest BCUT2D eigenvalue weighted by Crippen LogP contribution is -2.52. The molecule has 4 heterocycles. The molecule has 2 atom stereocenters.